The number of likely N-dealkylation sites (tertiary alicyclic amines) is 1. The van der Waals surface area contributed by atoms with Crippen LogP contribution in [0.15, 0.2) is 53.4 Å². The molecular weight excluding hydrogens is 483 g/mol. The monoisotopic (exact) mass is 503 g/mol. The van der Waals surface area contributed by atoms with Gasteiger partial charge in [0.15, 0.2) is 0 Å². The second kappa shape index (κ2) is 8.75. The number of halogens is 3. The van der Waals surface area contributed by atoms with Crippen LogP contribution < -0.4 is 4.74 Å². The van der Waals surface area contributed by atoms with Crippen molar-refractivity contribution in [3.05, 3.63) is 70.1 Å². The average molecular weight is 503 g/mol. The first-order chi connectivity index (χ1) is 16.7. The number of hydrogen-bond donors (Lipinski definition) is 0. The summed E-state index contributed by atoms with van der Waals surface area (Å²) in [5.41, 5.74) is -0.643. The molecule has 1 spiro atoms. The Hall–Kier alpha value is -3.27. The van der Waals surface area contributed by atoms with Crippen molar-refractivity contribution >= 4 is 35.2 Å². The molecule has 35 heavy (non-hydrogen) atoms. The fourth-order valence-electron chi connectivity index (χ4n) is 4.51. The minimum Gasteiger partial charge on any atom is -0.484 e. The Morgan fingerprint density at radius 3 is 2.54 bits per heavy atom. The maximum Gasteiger partial charge on any atom is 0.416 e. The number of thioether (sulfide) groups is 1. The number of benzene rings is 2. The Labute approximate surface area is 203 Å². The van der Waals surface area contributed by atoms with Crippen molar-refractivity contribution in [2.45, 2.75) is 31.0 Å². The number of fused-ring (bicyclic) bond motifs is 2. The van der Waals surface area contributed by atoms with Gasteiger partial charge in [-0.15, -0.1) is 11.8 Å². The zero-order chi connectivity index (χ0) is 24.8. The fourth-order valence-corrected chi connectivity index (χ4v) is 5.77. The number of alkyl halides is 3. The van der Waals surface area contributed by atoms with Crippen molar-refractivity contribution in [2.24, 2.45) is 0 Å². The van der Waals surface area contributed by atoms with Gasteiger partial charge in [0.2, 0.25) is 11.6 Å². The SMILES string of the molecule is O=C1C(=O)c2ccccc2C2=C1SCC1(CCCN(C(=O)Oc3cccc(C(F)(F)F)c3)CC1)O2. The molecule has 6 nitrogen and oxygen atoms in total. The molecule has 1 fully saturated rings. The summed E-state index contributed by atoms with van der Waals surface area (Å²) in [7, 11) is 0. The number of ketones is 2. The van der Waals surface area contributed by atoms with E-state index < -0.39 is 35.0 Å². The summed E-state index contributed by atoms with van der Waals surface area (Å²) in [4.78, 5) is 39.6. The van der Waals surface area contributed by atoms with Gasteiger partial charge in [-0.3, -0.25) is 9.59 Å². The Balaban J connectivity index is 1.31. The van der Waals surface area contributed by atoms with E-state index in [1.165, 1.54) is 28.8 Å². The maximum atomic E-state index is 13.0. The Morgan fingerprint density at radius 2 is 1.77 bits per heavy atom. The van der Waals surface area contributed by atoms with Gasteiger partial charge in [0.05, 0.1) is 5.56 Å². The molecule has 1 unspecified atom stereocenters. The third kappa shape index (κ3) is 4.42. The van der Waals surface area contributed by atoms with E-state index in [1.807, 2.05) is 0 Å². The van der Waals surface area contributed by atoms with Gasteiger partial charge in [0.25, 0.3) is 0 Å². The van der Waals surface area contributed by atoms with Gasteiger partial charge >= 0.3 is 12.3 Å². The summed E-state index contributed by atoms with van der Waals surface area (Å²) in [6.07, 6.45) is -3.64. The summed E-state index contributed by atoms with van der Waals surface area (Å²) >= 11 is 1.30. The molecule has 0 aromatic heterocycles. The van der Waals surface area contributed by atoms with Crippen molar-refractivity contribution in [2.75, 3.05) is 18.8 Å². The summed E-state index contributed by atoms with van der Waals surface area (Å²) in [5.74, 6) is -0.440. The van der Waals surface area contributed by atoms with E-state index in [2.05, 4.69) is 0 Å². The molecule has 1 aliphatic carbocycles. The molecule has 5 rings (SSSR count). The molecule has 0 radical (unpaired) electrons. The van der Waals surface area contributed by atoms with Crippen LogP contribution in [0, 0.1) is 0 Å². The summed E-state index contributed by atoms with van der Waals surface area (Å²) in [5, 5.41) is 0. The molecule has 1 amide bonds. The Bertz CT molecular complexity index is 1260. The van der Waals surface area contributed by atoms with E-state index in [1.54, 1.807) is 24.3 Å². The number of amides is 1. The number of carbonyl (C=O) groups is 3. The highest BCUT2D eigenvalue weighted by atomic mass is 32.2. The number of nitrogens with zero attached hydrogens (tertiary/aromatic N) is 1. The molecule has 0 saturated carbocycles. The lowest BCUT2D eigenvalue weighted by Crippen LogP contribution is -2.42. The van der Waals surface area contributed by atoms with Gasteiger partial charge in [0, 0.05) is 36.4 Å². The molecule has 1 atom stereocenters. The van der Waals surface area contributed by atoms with E-state index in [0.29, 0.717) is 53.4 Å². The number of hydrogen-bond acceptors (Lipinski definition) is 6. The summed E-state index contributed by atoms with van der Waals surface area (Å²) in [6, 6.07) is 11.0. The van der Waals surface area contributed by atoms with E-state index in [-0.39, 0.29) is 12.3 Å². The third-order valence-electron chi connectivity index (χ3n) is 6.36. The van der Waals surface area contributed by atoms with Gasteiger partial charge < -0.3 is 14.4 Å². The molecule has 2 aromatic carbocycles. The number of rotatable bonds is 1. The van der Waals surface area contributed by atoms with E-state index >= 15 is 0 Å². The molecule has 0 N–H and O–H groups in total. The summed E-state index contributed by atoms with van der Waals surface area (Å²) in [6.45, 7) is 0.628. The zero-order valence-electron chi connectivity index (χ0n) is 18.4. The highest BCUT2D eigenvalue weighted by Crippen LogP contribution is 2.47. The third-order valence-corrected chi connectivity index (χ3v) is 7.69. The zero-order valence-corrected chi connectivity index (χ0v) is 19.2. The highest BCUT2D eigenvalue weighted by molar-refractivity contribution is 8.04. The first kappa shape index (κ1) is 23.5. The van der Waals surface area contributed by atoms with E-state index in [9.17, 15) is 27.6 Å². The number of ether oxygens (including phenoxy) is 2. The van der Waals surface area contributed by atoms with Gasteiger partial charge in [-0.05, 0) is 31.0 Å². The van der Waals surface area contributed by atoms with Crippen LogP contribution in [0.5, 0.6) is 5.75 Å². The molecule has 2 heterocycles. The fraction of sp³-hybridized carbons (Fsp3) is 0.320. The van der Waals surface area contributed by atoms with Crippen molar-refractivity contribution in [3.63, 3.8) is 0 Å². The minimum atomic E-state index is -4.54. The molecule has 3 aliphatic rings. The maximum absolute atomic E-state index is 13.0. The second-order valence-corrected chi connectivity index (χ2v) is 9.66. The van der Waals surface area contributed by atoms with Gasteiger partial charge in [0.1, 0.15) is 22.0 Å². The van der Waals surface area contributed by atoms with Crippen LogP contribution in [0.2, 0.25) is 0 Å². The lowest BCUT2D eigenvalue weighted by atomic mass is 9.91. The highest BCUT2D eigenvalue weighted by Gasteiger charge is 2.45. The molecule has 2 aliphatic heterocycles. The predicted octanol–water partition coefficient (Wildman–Crippen LogP) is 5.33. The van der Waals surface area contributed by atoms with Gasteiger partial charge in [-0.1, -0.05) is 30.3 Å². The van der Waals surface area contributed by atoms with Crippen LogP contribution >= 0.6 is 11.8 Å². The lowest BCUT2D eigenvalue weighted by Gasteiger charge is -2.40. The smallest absolute Gasteiger partial charge is 0.416 e. The molecule has 10 heteroatoms. The molecule has 2 aromatic rings. The number of Topliss-reactive ketones (excluding diaryl/α,β-unsaturated/α-hetero) is 2. The Morgan fingerprint density at radius 1 is 1.00 bits per heavy atom. The predicted molar refractivity (Wildman–Crippen MR) is 122 cm³/mol. The second-order valence-electron chi connectivity index (χ2n) is 8.67. The van der Waals surface area contributed by atoms with Crippen LogP contribution in [0.1, 0.15) is 40.7 Å². The summed E-state index contributed by atoms with van der Waals surface area (Å²) < 4.78 is 50.5. The first-order valence-corrected chi connectivity index (χ1v) is 12.0. The molecule has 182 valence electrons. The number of allylic oxidation sites excluding steroid dienone is 1. The minimum absolute atomic E-state index is 0.176. The van der Waals surface area contributed by atoms with Crippen molar-refractivity contribution in [1.82, 2.24) is 4.90 Å². The van der Waals surface area contributed by atoms with Crippen LogP contribution in [-0.2, 0) is 15.7 Å². The van der Waals surface area contributed by atoms with Gasteiger partial charge in [-0.2, -0.15) is 13.2 Å². The van der Waals surface area contributed by atoms with Crippen molar-refractivity contribution < 1.29 is 37.0 Å². The largest absolute Gasteiger partial charge is 0.484 e. The standard InChI is InChI=1S/C25H20F3NO5S/c26-25(27,28)15-5-3-6-16(13-15)33-23(32)29-11-4-9-24(10-12-29)14-35-22-20(31)19(30)17-7-1-2-8-18(17)21(22)34-24/h1-3,5-8,13H,4,9-12,14H2. The van der Waals surface area contributed by atoms with E-state index in [4.69, 9.17) is 9.47 Å². The molecule has 1 saturated heterocycles. The Kier molecular flexibility index (Phi) is 5.86. The molecule has 0 bridgehead atoms. The lowest BCUT2D eigenvalue weighted by molar-refractivity contribution is -0.137. The van der Waals surface area contributed by atoms with Crippen LogP contribution in [-0.4, -0.2) is 47.0 Å². The van der Waals surface area contributed by atoms with Crippen LogP contribution in [0.3, 0.4) is 0 Å². The normalized spacial score (nSPS) is 22.3. The van der Waals surface area contributed by atoms with Gasteiger partial charge in [-0.25, -0.2) is 4.79 Å². The average Bonchev–Trinajstić information content (AvgIpc) is 3.05. The van der Waals surface area contributed by atoms with Crippen molar-refractivity contribution in [1.29, 1.82) is 0 Å². The molecular formula is C25H20F3NO5S. The topological polar surface area (TPSA) is 72.9 Å². The van der Waals surface area contributed by atoms with Crippen LogP contribution in [0.25, 0.3) is 5.76 Å². The van der Waals surface area contributed by atoms with Crippen LogP contribution in [0.4, 0.5) is 18.0 Å². The first-order valence-electron chi connectivity index (χ1n) is 11.1. The number of carbonyl (C=O) groups excluding carboxylic acids is 3. The van der Waals surface area contributed by atoms with E-state index in [0.717, 1.165) is 12.1 Å². The quantitative estimate of drug-likeness (QED) is 0.490. The van der Waals surface area contributed by atoms with Crippen molar-refractivity contribution in [3.8, 4) is 5.75 Å².